The minimum Gasteiger partial charge on any atom is -0.493 e. The van der Waals surface area contributed by atoms with E-state index in [1.807, 2.05) is 12.1 Å². The highest BCUT2D eigenvalue weighted by atomic mass is 19.1. The monoisotopic (exact) mass is 452 g/mol. The van der Waals surface area contributed by atoms with Gasteiger partial charge < -0.3 is 18.9 Å². The highest BCUT2D eigenvalue weighted by Crippen LogP contribution is 2.40. The van der Waals surface area contributed by atoms with Crippen LogP contribution in [0, 0.1) is 5.82 Å². The quantitative estimate of drug-likeness (QED) is 0.342. The van der Waals surface area contributed by atoms with Gasteiger partial charge in [0, 0.05) is 11.5 Å². The molecule has 0 spiro atoms. The summed E-state index contributed by atoms with van der Waals surface area (Å²) in [7, 11) is 5.92. The molecular weight excluding hydrogens is 427 g/mol. The van der Waals surface area contributed by atoms with Crippen LogP contribution in [0.5, 0.6) is 17.2 Å². The molecule has 33 heavy (non-hydrogen) atoms. The van der Waals surface area contributed by atoms with E-state index in [0.717, 1.165) is 11.1 Å². The maximum absolute atomic E-state index is 13.8. The van der Waals surface area contributed by atoms with Crippen molar-refractivity contribution >= 4 is 12.3 Å². The lowest BCUT2D eigenvalue weighted by Gasteiger charge is -2.22. The van der Waals surface area contributed by atoms with Crippen molar-refractivity contribution in [2.45, 2.75) is 12.3 Å². The third kappa shape index (κ3) is 5.14. The van der Waals surface area contributed by atoms with Crippen molar-refractivity contribution < 1.29 is 32.9 Å². The van der Waals surface area contributed by atoms with Crippen LogP contribution in [0.3, 0.4) is 0 Å². The van der Waals surface area contributed by atoms with Gasteiger partial charge in [0.2, 0.25) is 5.75 Å². The molecule has 0 aromatic heterocycles. The summed E-state index contributed by atoms with van der Waals surface area (Å²) in [4.78, 5) is 23.6. The predicted octanol–water partition coefficient (Wildman–Crippen LogP) is 4.83. The van der Waals surface area contributed by atoms with Gasteiger partial charge in [-0.25, -0.2) is 9.18 Å². The van der Waals surface area contributed by atoms with E-state index >= 15 is 0 Å². The van der Waals surface area contributed by atoms with Crippen molar-refractivity contribution in [1.82, 2.24) is 0 Å². The van der Waals surface area contributed by atoms with E-state index in [4.69, 9.17) is 18.9 Å². The van der Waals surface area contributed by atoms with Gasteiger partial charge in [-0.1, -0.05) is 18.2 Å². The zero-order chi connectivity index (χ0) is 24.0. The third-order valence-corrected chi connectivity index (χ3v) is 5.45. The number of aldehydes is 1. The lowest BCUT2D eigenvalue weighted by Crippen LogP contribution is -2.10. The van der Waals surface area contributed by atoms with E-state index in [1.54, 1.807) is 30.3 Å². The van der Waals surface area contributed by atoms with E-state index in [1.165, 1.54) is 40.6 Å². The van der Waals surface area contributed by atoms with Crippen LogP contribution in [0.1, 0.15) is 43.3 Å². The molecule has 0 aliphatic rings. The fraction of sp³-hybridized carbons (Fsp3) is 0.231. The second-order valence-corrected chi connectivity index (χ2v) is 7.29. The Hall–Kier alpha value is -3.87. The van der Waals surface area contributed by atoms with Gasteiger partial charge in [0.15, 0.2) is 11.5 Å². The van der Waals surface area contributed by atoms with Crippen LogP contribution in [0.15, 0.2) is 54.6 Å². The smallest absolute Gasteiger partial charge is 0.337 e. The largest absolute Gasteiger partial charge is 0.493 e. The Morgan fingerprint density at radius 3 is 2.06 bits per heavy atom. The first-order chi connectivity index (χ1) is 15.9. The van der Waals surface area contributed by atoms with Crippen LogP contribution in [0.2, 0.25) is 0 Å². The van der Waals surface area contributed by atoms with Crippen molar-refractivity contribution in [3.05, 3.63) is 88.2 Å². The Morgan fingerprint density at radius 2 is 1.55 bits per heavy atom. The van der Waals surface area contributed by atoms with E-state index < -0.39 is 11.8 Å². The molecule has 0 radical (unpaired) electrons. The highest BCUT2D eigenvalue weighted by molar-refractivity contribution is 5.89. The van der Waals surface area contributed by atoms with Crippen LogP contribution in [0.4, 0.5) is 4.39 Å². The number of hydrogen-bond acceptors (Lipinski definition) is 6. The molecule has 0 saturated heterocycles. The fourth-order valence-electron chi connectivity index (χ4n) is 3.83. The zero-order valence-corrected chi connectivity index (χ0v) is 18.9. The fourth-order valence-corrected chi connectivity index (χ4v) is 3.83. The highest BCUT2D eigenvalue weighted by Gasteiger charge is 2.22. The number of methoxy groups -OCH3 is 4. The molecule has 0 N–H and O–H groups in total. The molecule has 0 amide bonds. The molecule has 3 rings (SSSR count). The van der Waals surface area contributed by atoms with E-state index in [0.29, 0.717) is 41.1 Å². The van der Waals surface area contributed by atoms with Crippen molar-refractivity contribution in [3.63, 3.8) is 0 Å². The summed E-state index contributed by atoms with van der Waals surface area (Å²) >= 11 is 0. The molecule has 1 unspecified atom stereocenters. The maximum Gasteiger partial charge on any atom is 0.337 e. The van der Waals surface area contributed by atoms with E-state index in [-0.39, 0.29) is 11.5 Å². The number of carbonyl (C=O) groups is 2. The first kappa shape index (κ1) is 23.8. The van der Waals surface area contributed by atoms with E-state index in [9.17, 15) is 14.0 Å². The molecule has 6 nitrogen and oxygen atoms in total. The van der Waals surface area contributed by atoms with Crippen LogP contribution in [-0.2, 0) is 11.2 Å². The minimum atomic E-state index is -0.492. The topological polar surface area (TPSA) is 71.1 Å². The molecule has 1 atom stereocenters. The van der Waals surface area contributed by atoms with E-state index in [2.05, 4.69) is 0 Å². The summed E-state index contributed by atoms with van der Waals surface area (Å²) < 4.78 is 34.9. The standard InChI is InChI=1S/C26H25FO6/c1-30-23-12-16(13-24(31-2)25(23)32-3)11-22(21-10-9-20(27)14-19(21)15-28)17-5-7-18(8-6-17)26(29)33-4/h5-10,12-15,22H,11H2,1-4H3. The third-order valence-electron chi connectivity index (χ3n) is 5.45. The second kappa shape index (κ2) is 10.6. The number of carbonyl (C=O) groups excluding carboxylic acids is 2. The summed E-state index contributed by atoms with van der Waals surface area (Å²) in [6.45, 7) is 0. The average molecular weight is 452 g/mol. The summed E-state index contributed by atoms with van der Waals surface area (Å²) in [6, 6.07) is 14.7. The number of ether oxygens (including phenoxy) is 4. The van der Waals surface area contributed by atoms with Gasteiger partial charge in [0.25, 0.3) is 0 Å². The predicted molar refractivity (Wildman–Crippen MR) is 121 cm³/mol. The van der Waals surface area contributed by atoms with Crippen LogP contribution in [-0.4, -0.2) is 40.7 Å². The molecule has 0 bridgehead atoms. The first-order valence-electron chi connectivity index (χ1n) is 10.2. The van der Waals surface area contributed by atoms with Gasteiger partial charge in [-0.3, -0.25) is 4.79 Å². The van der Waals surface area contributed by atoms with Gasteiger partial charge in [-0.05, 0) is 59.5 Å². The van der Waals surface area contributed by atoms with Gasteiger partial charge >= 0.3 is 5.97 Å². The lowest BCUT2D eigenvalue weighted by molar-refractivity contribution is 0.0600. The average Bonchev–Trinajstić information content (AvgIpc) is 2.86. The second-order valence-electron chi connectivity index (χ2n) is 7.29. The van der Waals surface area contributed by atoms with Crippen molar-refractivity contribution in [3.8, 4) is 17.2 Å². The molecule has 0 fully saturated rings. The van der Waals surface area contributed by atoms with Gasteiger partial charge in [-0.15, -0.1) is 0 Å². The van der Waals surface area contributed by atoms with Crippen LogP contribution < -0.4 is 14.2 Å². The van der Waals surface area contributed by atoms with Crippen LogP contribution in [0.25, 0.3) is 0 Å². The Bertz CT molecular complexity index is 1120. The normalized spacial score (nSPS) is 11.4. The Balaban J connectivity index is 2.12. The van der Waals surface area contributed by atoms with Gasteiger partial charge in [0.05, 0.1) is 34.0 Å². The van der Waals surface area contributed by atoms with Gasteiger partial charge in [0.1, 0.15) is 12.1 Å². The number of hydrogen-bond donors (Lipinski definition) is 0. The number of benzene rings is 3. The van der Waals surface area contributed by atoms with Gasteiger partial charge in [-0.2, -0.15) is 0 Å². The van der Waals surface area contributed by atoms with Crippen molar-refractivity contribution in [1.29, 1.82) is 0 Å². The summed E-state index contributed by atoms with van der Waals surface area (Å²) in [6.07, 6.45) is 1.09. The molecule has 0 heterocycles. The Kier molecular flexibility index (Phi) is 7.66. The Labute approximate surface area is 191 Å². The first-order valence-corrected chi connectivity index (χ1v) is 10.2. The molecule has 7 heteroatoms. The molecule has 3 aromatic carbocycles. The number of esters is 1. The Morgan fingerprint density at radius 1 is 0.909 bits per heavy atom. The zero-order valence-electron chi connectivity index (χ0n) is 18.9. The number of halogens is 1. The van der Waals surface area contributed by atoms with Crippen molar-refractivity contribution in [2.75, 3.05) is 28.4 Å². The maximum atomic E-state index is 13.8. The molecule has 3 aromatic rings. The SMILES string of the molecule is COC(=O)c1ccc(C(Cc2cc(OC)c(OC)c(OC)c2)c2ccc(F)cc2C=O)cc1. The number of rotatable bonds is 9. The molecule has 0 aliphatic heterocycles. The molecule has 172 valence electrons. The molecule has 0 saturated carbocycles. The van der Waals surface area contributed by atoms with Crippen LogP contribution >= 0.6 is 0 Å². The lowest BCUT2D eigenvalue weighted by atomic mass is 9.83. The molecular formula is C26H25FO6. The summed E-state index contributed by atoms with van der Waals surface area (Å²) in [5, 5.41) is 0. The summed E-state index contributed by atoms with van der Waals surface area (Å²) in [5.41, 5.74) is 3.01. The minimum absolute atomic E-state index is 0.254. The van der Waals surface area contributed by atoms with Crippen molar-refractivity contribution in [2.24, 2.45) is 0 Å². The summed E-state index contributed by atoms with van der Waals surface area (Å²) in [5.74, 6) is 0.215. The molecule has 0 aliphatic carbocycles.